The lowest BCUT2D eigenvalue weighted by molar-refractivity contribution is -0.384. The van der Waals surface area contributed by atoms with Gasteiger partial charge < -0.3 is 11.1 Å². The minimum absolute atomic E-state index is 0.0861. The van der Waals surface area contributed by atoms with E-state index in [0.29, 0.717) is 19.4 Å². The summed E-state index contributed by atoms with van der Waals surface area (Å²) in [5.41, 5.74) is 6.35. The second kappa shape index (κ2) is 6.20. The number of benzene rings is 1. The molecule has 7 heteroatoms. The molecule has 0 saturated heterocycles. The number of nitrogens with one attached hydrogen (secondary N) is 1. The van der Waals surface area contributed by atoms with Crippen molar-refractivity contribution in [1.82, 2.24) is 0 Å². The van der Waals surface area contributed by atoms with E-state index in [1.54, 1.807) is 6.92 Å². The highest BCUT2D eigenvalue weighted by molar-refractivity contribution is 6.33. The molecule has 6 nitrogen and oxygen atoms in total. The summed E-state index contributed by atoms with van der Waals surface area (Å²) in [4.78, 5) is 20.7. The van der Waals surface area contributed by atoms with E-state index in [9.17, 15) is 14.9 Å². The summed E-state index contributed by atoms with van der Waals surface area (Å²) in [6.07, 6.45) is 0.899. The van der Waals surface area contributed by atoms with Crippen LogP contribution in [0.4, 0.5) is 11.4 Å². The predicted molar refractivity (Wildman–Crippen MR) is 69.8 cm³/mol. The number of halogens is 1. The third-order valence-corrected chi connectivity index (χ3v) is 2.71. The largest absolute Gasteiger partial charge is 0.385 e. The molecular formula is C11H14ClN3O3. The molecule has 0 saturated carbocycles. The molecule has 1 aromatic carbocycles. The molecule has 0 aromatic heterocycles. The van der Waals surface area contributed by atoms with Crippen molar-refractivity contribution in [2.45, 2.75) is 19.8 Å². The number of hydrogen-bond acceptors (Lipinski definition) is 4. The second-order valence-electron chi connectivity index (χ2n) is 3.87. The molecule has 0 aliphatic carbocycles. The Labute approximate surface area is 109 Å². The van der Waals surface area contributed by atoms with Crippen LogP contribution in [0.25, 0.3) is 0 Å². The Kier molecular flexibility index (Phi) is 4.91. The van der Waals surface area contributed by atoms with Gasteiger partial charge in [0.25, 0.3) is 5.69 Å². The van der Waals surface area contributed by atoms with E-state index in [4.69, 9.17) is 17.3 Å². The minimum atomic E-state index is -0.522. The van der Waals surface area contributed by atoms with E-state index in [-0.39, 0.29) is 16.6 Å². The number of carbonyl (C=O) groups is 1. The first-order chi connectivity index (χ1) is 8.41. The quantitative estimate of drug-likeness (QED) is 0.471. The van der Waals surface area contributed by atoms with Gasteiger partial charge in [-0.3, -0.25) is 14.9 Å². The van der Waals surface area contributed by atoms with Crippen molar-refractivity contribution in [2.24, 2.45) is 5.73 Å². The van der Waals surface area contributed by atoms with Crippen molar-refractivity contribution in [2.75, 3.05) is 11.9 Å². The monoisotopic (exact) mass is 271 g/mol. The molecule has 0 aliphatic heterocycles. The van der Waals surface area contributed by atoms with Crippen molar-refractivity contribution >= 4 is 28.9 Å². The molecule has 0 heterocycles. The highest BCUT2D eigenvalue weighted by Gasteiger charge is 2.14. The first kappa shape index (κ1) is 14.2. The predicted octanol–water partition coefficient (Wildman–Crippen LogP) is 2.23. The third kappa shape index (κ3) is 3.89. The van der Waals surface area contributed by atoms with E-state index in [0.717, 1.165) is 11.3 Å². The van der Waals surface area contributed by atoms with Crippen LogP contribution in [-0.2, 0) is 4.79 Å². The molecule has 0 atom stereocenters. The Morgan fingerprint density at radius 2 is 2.22 bits per heavy atom. The summed E-state index contributed by atoms with van der Waals surface area (Å²) >= 11 is 5.80. The van der Waals surface area contributed by atoms with E-state index in [1.807, 2.05) is 0 Å². The van der Waals surface area contributed by atoms with Gasteiger partial charge in [0, 0.05) is 24.7 Å². The summed E-state index contributed by atoms with van der Waals surface area (Å²) in [5, 5.41) is 13.8. The first-order valence-corrected chi connectivity index (χ1v) is 5.76. The Hall–Kier alpha value is -1.82. The van der Waals surface area contributed by atoms with E-state index in [1.165, 1.54) is 12.1 Å². The zero-order valence-corrected chi connectivity index (χ0v) is 10.7. The van der Waals surface area contributed by atoms with Crippen LogP contribution in [-0.4, -0.2) is 17.4 Å². The maximum atomic E-state index is 10.7. The fourth-order valence-corrected chi connectivity index (χ4v) is 1.71. The van der Waals surface area contributed by atoms with Gasteiger partial charge in [-0.05, 0) is 25.0 Å². The molecule has 1 amide bonds. The normalized spacial score (nSPS) is 10.1. The van der Waals surface area contributed by atoms with Crippen LogP contribution in [0, 0.1) is 17.0 Å². The van der Waals surface area contributed by atoms with E-state index in [2.05, 4.69) is 5.32 Å². The maximum Gasteiger partial charge on any atom is 0.288 e. The van der Waals surface area contributed by atoms with Gasteiger partial charge in [-0.2, -0.15) is 0 Å². The number of nitrogens with two attached hydrogens (primary N) is 1. The summed E-state index contributed by atoms with van der Waals surface area (Å²) in [5.74, 6) is -0.352. The molecule has 1 aromatic rings. The fourth-order valence-electron chi connectivity index (χ4n) is 1.48. The number of hydrogen-bond donors (Lipinski definition) is 2. The van der Waals surface area contributed by atoms with Crippen LogP contribution < -0.4 is 11.1 Å². The van der Waals surface area contributed by atoms with Crippen molar-refractivity contribution < 1.29 is 9.72 Å². The fraction of sp³-hybridized carbons (Fsp3) is 0.364. The van der Waals surface area contributed by atoms with Crippen LogP contribution in [0.5, 0.6) is 0 Å². The van der Waals surface area contributed by atoms with Crippen molar-refractivity contribution in [3.05, 3.63) is 32.8 Å². The van der Waals surface area contributed by atoms with Crippen LogP contribution in [0.3, 0.4) is 0 Å². The number of aryl methyl sites for hydroxylation is 1. The van der Waals surface area contributed by atoms with Gasteiger partial charge in [0.05, 0.1) is 4.92 Å². The number of rotatable bonds is 6. The summed E-state index contributed by atoms with van der Waals surface area (Å²) < 4.78 is 0. The number of amides is 1. The molecule has 1 rings (SSSR count). The molecule has 0 bridgehead atoms. The average molecular weight is 272 g/mol. The number of nitro benzene ring substituents is 1. The maximum absolute atomic E-state index is 10.7. The van der Waals surface area contributed by atoms with Crippen molar-refractivity contribution in [3.63, 3.8) is 0 Å². The first-order valence-electron chi connectivity index (χ1n) is 5.38. The minimum Gasteiger partial charge on any atom is -0.385 e. The standard InChI is InChI=1S/C11H14ClN3O3/c1-7-5-10(15(17)18)8(12)6-9(7)14-4-2-3-11(13)16/h5-6,14H,2-4H2,1H3,(H2,13,16). The Morgan fingerprint density at radius 3 is 2.78 bits per heavy atom. The van der Waals surface area contributed by atoms with Crippen LogP contribution in [0.1, 0.15) is 18.4 Å². The van der Waals surface area contributed by atoms with Gasteiger partial charge >= 0.3 is 0 Å². The molecule has 98 valence electrons. The van der Waals surface area contributed by atoms with Gasteiger partial charge in [0.1, 0.15) is 5.02 Å². The molecule has 0 aliphatic rings. The molecule has 0 unspecified atom stereocenters. The SMILES string of the molecule is Cc1cc([N+](=O)[O-])c(Cl)cc1NCCCC(N)=O. The average Bonchev–Trinajstić information content (AvgIpc) is 2.27. The van der Waals surface area contributed by atoms with Crippen molar-refractivity contribution in [1.29, 1.82) is 0 Å². The van der Waals surface area contributed by atoms with E-state index >= 15 is 0 Å². The summed E-state index contributed by atoms with van der Waals surface area (Å²) in [6, 6.07) is 2.93. The number of nitrogens with zero attached hydrogens (tertiary/aromatic N) is 1. The molecular weight excluding hydrogens is 258 g/mol. The lowest BCUT2D eigenvalue weighted by Crippen LogP contribution is -2.13. The van der Waals surface area contributed by atoms with Gasteiger partial charge in [-0.25, -0.2) is 0 Å². The summed E-state index contributed by atoms with van der Waals surface area (Å²) in [6.45, 7) is 2.30. The van der Waals surface area contributed by atoms with Gasteiger partial charge in [-0.1, -0.05) is 11.6 Å². The number of nitro groups is 1. The Balaban J connectivity index is 2.70. The zero-order chi connectivity index (χ0) is 13.7. The highest BCUT2D eigenvalue weighted by Crippen LogP contribution is 2.30. The molecule has 0 spiro atoms. The molecule has 3 N–H and O–H groups in total. The zero-order valence-electron chi connectivity index (χ0n) is 9.90. The topological polar surface area (TPSA) is 98.3 Å². The van der Waals surface area contributed by atoms with Gasteiger partial charge in [0.15, 0.2) is 0 Å². The van der Waals surface area contributed by atoms with Crippen LogP contribution in [0.2, 0.25) is 5.02 Å². The van der Waals surface area contributed by atoms with Crippen molar-refractivity contribution in [3.8, 4) is 0 Å². The molecule has 18 heavy (non-hydrogen) atoms. The van der Waals surface area contributed by atoms with E-state index < -0.39 is 4.92 Å². The number of anilines is 1. The highest BCUT2D eigenvalue weighted by atomic mass is 35.5. The molecule has 0 fully saturated rings. The third-order valence-electron chi connectivity index (χ3n) is 2.41. The second-order valence-corrected chi connectivity index (χ2v) is 4.28. The van der Waals surface area contributed by atoms with Gasteiger partial charge in [0.2, 0.25) is 5.91 Å². The number of carbonyl (C=O) groups excluding carboxylic acids is 1. The van der Waals surface area contributed by atoms with Crippen LogP contribution >= 0.6 is 11.6 Å². The van der Waals surface area contributed by atoms with Crippen LogP contribution in [0.15, 0.2) is 12.1 Å². The Bertz CT molecular complexity index is 477. The lowest BCUT2D eigenvalue weighted by atomic mass is 10.1. The summed E-state index contributed by atoms with van der Waals surface area (Å²) in [7, 11) is 0. The Morgan fingerprint density at radius 1 is 1.56 bits per heavy atom. The van der Waals surface area contributed by atoms with Gasteiger partial charge in [-0.15, -0.1) is 0 Å². The number of primary amides is 1. The molecule has 0 radical (unpaired) electrons. The smallest absolute Gasteiger partial charge is 0.288 e. The lowest BCUT2D eigenvalue weighted by Gasteiger charge is -2.09.